The molecule has 1 aliphatic rings. The first-order valence-corrected chi connectivity index (χ1v) is 6.72. The molecule has 0 saturated carbocycles. The van der Waals surface area contributed by atoms with Gasteiger partial charge in [0.1, 0.15) is 5.00 Å². The number of amides is 1. The van der Waals surface area contributed by atoms with E-state index in [1.807, 2.05) is 0 Å². The quantitative estimate of drug-likeness (QED) is 0.667. The molecule has 0 aliphatic carbocycles. The van der Waals surface area contributed by atoms with E-state index in [9.17, 15) is 24.3 Å². The number of carboxylic acid groups (broad SMARTS) is 2. The van der Waals surface area contributed by atoms with Gasteiger partial charge in [-0.2, -0.15) is 4.68 Å². The molecule has 0 saturated heterocycles. The Morgan fingerprint density at radius 2 is 1.86 bits per heavy atom. The van der Waals surface area contributed by atoms with Crippen molar-refractivity contribution in [1.82, 2.24) is 9.58 Å². The van der Waals surface area contributed by atoms with E-state index >= 15 is 0 Å². The van der Waals surface area contributed by atoms with Gasteiger partial charge < -0.3 is 15.1 Å². The van der Waals surface area contributed by atoms with Crippen molar-refractivity contribution in [2.75, 3.05) is 12.0 Å². The molecule has 3 N–H and O–H groups in total. The van der Waals surface area contributed by atoms with Gasteiger partial charge in [0.2, 0.25) is 0 Å². The van der Waals surface area contributed by atoms with Gasteiger partial charge >= 0.3 is 23.2 Å². The molecule has 2 aromatic rings. The molecule has 0 fully saturated rings. The van der Waals surface area contributed by atoms with Gasteiger partial charge in [-0.1, -0.05) is 0 Å². The standard InChI is InChI=1S/C11H9N3O6S/c15-8-9(16)14(8)12-7-6(10(17)18)4-1-2-13(11(19)20)3-5(4)21-7/h12H,1-3H2,(H,17,18)(H,19,20). The Morgan fingerprint density at radius 3 is 2.38 bits per heavy atom. The highest BCUT2D eigenvalue weighted by Gasteiger charge is 2.30. The van der Waals surface area contributed by atoms with E-state index < -0.39 is 23.2 Å². The number of anilines is 1. The summed E-state index contributed by atoms with van der Waals surface area (Å²) in [4.78, 5) is 46.1. The minimum Gasteiger partial charge on any atom is -0.478 e. The molecule has 0 atom stereocenters. The number of carbonyl (C=O) groups is 2. The molecular formula is C11H9N3O6S. The minimum atomic E-state index is -1.18. The maximum absolute atomic E-state index is 11.4. The highest BCUT2D eigenvalue weighted by Crippen LogP contribution is 2.37. The van der Waals surface area contributed by atoms with Crippen LogP contribution in [-0.2, 0) is 13.0 Å². The lowest BCUT2D eigenvalue weighted by molar-refractivity contribution is 0.0696. The maximum Gasteiger partial charge on any atom is 0.407 e. The smallest absolute Gasteiger partial charge is 0.407 e. The number of thiophene rings is 1. The summed E-state index contributed by atoms with van der Waals surface area (Å²) in [5.74, 6) is -1.18. The molecule has 10 heteroatoms. The normalized spacial score (nSPS) is 14.2. The highest BCUT2D eigenvalue weighted by molar-refractivity contribution is 7.16. The van der Waals surface area contributed by atoms with Gasteiger partial charge in [0.15, 0.2) is 0 Å². The van der Waals surface area contributed by atoms with Crippen LogP contribution in [0.3, 0.4) is 0 Å². The summed E-state index contributed by atoms with van der Waals surface area (Å²) >= 11 is 1.04. The van der Waals surface area contributed by atoms with E-state index in [1.165, 1.54) is 4.90 Å². The molecule has 2 aromatic heterocycles. The van der Waals surface area contributed by atoms with Crippen molar-refractivity contribution in [1.29, 1.82) is 0 Å². The number of aromatic nitrogens is 1. The van der Waals surface area contributed by atoms with Crippen LogP contribution in [0.15, 0.2) is 9.59 Å². The third-order valence-electron chi connectivity index (χ3n) is 3.29. The minimum absolute atomic E-state index is 0.00691. The first-order valence-electron chi connectivity index (χ1n) is 5.91. The van der Waals surface area contributed by atoms with E-state index in [1.54, 1.807) is 0 Å². The average molecular weight is 311 g/mol. The molecule has 1 aliphatic heterocycles. The molecule has 3 rings (SSSR count). The van der Waals surface area contributed by atoms with Gasteiger partial charge in [0.25, 0.3) is 0 Å². The van der Waals surface area contributed by atoms with Crippen molar-refractivity contribution in [3.8, 4) is 0 Å². The summed E-state index contributed by atoms with van der Waals surface area (Å²) in [5.41, 5.74) is 1.55. The van der Waals surface area contributed by atoms with E-state index in [0.29, 0.717) is 10.4 Å². The number of nitrogens with one attached hydrogen (secondary N) is 1. The van der Waals surface area contributed by atoms with Crippen LogP contribution in [0.2, 0.25) is 0 Å². The Bertz CT molecular complexity index is 802. The second-order valence-corrected chi connectivity index (χ2v) is 5.63. The third kappa shape index (κ3) is 2.09. The molecule has 3 heterocycles. The molecule has 110 valence electrons. The molecule has 21 heavy (non-hydrogen) atoms. The Balaban J connectivity index is 2.00. The topological polar surface area (TPSA) is 129 Å². The molecule has 0 spiro atoms. The first kappa shape index (κ1) is 13.4. The maximum atomic E-state index is 11.4. The van der Waals surface area contributed by atoms with Crippen molar-refractivity contribution < 1.29 is 19.8 Å². The molecule has 0 bridgehead atoms. The van der Waals surface area contributed by atoms with Gasteiger partial charge in [-0.25, -0.2) is 9.59 Å². The SMILES string of the molecule is O=C(O)c1c(Nn2c(=O)c2=O)sc2c1CCN(C(=O)O)C2. The largest absolute Gasteiger partial charge is 0.478 e. The van der Waals surface area contributed by atoms with Crippen molar-refractivity contribution in [2.45, 2.75) is 13.0 Å². The van der Waals surface area contributed by atoms with Crippen LogP contribution in [0.4, 0.5) is 9.80 Å². The van der Waals surface area contributed by atoms with Crippen LogP contribution >= 0.6 is 11.3 Å². The second kappa shape index (κ2) is 4.45. The van der Waals surface area contributed by atoms with E-state index in [4.69, 9.17) is 5.11 Å². The molecule has 0 unspecified atom stereocenters. The summed E-state index contributed by atoms with van der Waals surface area (Å²) in [6.45, 7) is 0.305. The Labute approximate surface area is 120 Å². The van der Waals surface area contributed by atoms with E-state index in [-0.39, 0.29) is 30.1 Å². The number of aromatic carboxylic acids is 1. The Morgan fingerprint density at radius 1 is 1.19 bits per heavy atom. The molecule has 0 aromatic carbocycles. The fraction of sp³-hybridized carbons (Fsp3) is 0.273. The molecule has 0 radical (unpaired) electrons. The number of rotatable bonds is 3. The zero-order valence-corrected chi connectivity index (χ0v) is 11.3. The van der Waals surface area contributed by atoms with Crippen LogP contribution in [0.1, 0.15) is 20.8 Å². The summed E-state index contributed by atoms with van der Waals surface area (Å²) < 4.78 is 0.721. The van der Waals surface area contributed by atoms with E-state index in [2.05, 4.69) is 5.43 Å². The predicted molar refractivity (Wildman–Crippen MR) is 71.8 cm³/mol. The van der Waals surface area contributed by atoms with Crippen LogP contribution in [0, 0.1) is 0 Å². The molecule has 9 nitrogen and oxygen atoms in total. The lowest BCUT2D eigenvalue weighted by Crippen LogP contribution is -2.34. The lowest BCUT2D eigenvalue weighted by atomic mass is 10.0. The zero-order valence-electron chi connectivity index (χ0n) is 10.5. The number of fused-ring (bicyclic) bond motifs is 1. The fourth-order valence-corrected chi connectivity index (χ4v) is 3.45. The molecule has 1 amide bonds. The Kier molecular flexibility index (Phi) is 2.83. The van der Waals surface area contributed by atoms with E-state index in [0.717, 1.165) is 16.0 Å². The summed E-state index contributed by atoms with van der Waals surface area (Å²) in [6, 6.07) is 0. The van der Waals surface area contributed by atoms with Gasteiger partial charge in [0.05, 0.1) is 12.1 Å². The van der Waals surface area contributed by atoms with Crippen LogP contribution in [-0.4, -0.2) is 38.4 Å². The summed E-state index contributed by atoms with van der Waals surface area (Å²) in [5, 5.41) is 18.4. The second-order valence-electron chi connectivity index (χ2n) is 4.52. The van der Waals surface area contributed by atoms with Crippen LogP contribution in [0.5, 0.6) is 0 Å². The monoisotopic (exact) mass is 311 g/mol. The van der Waals surface area contributed by atoms with Gasteiger partial charge in [-0.15, -0.1) is 11.3 Å². The molecular weight excluding hydrogens is 302 g/mol. The number of hydrogen-bond donors (Lipinski definition) is 3. The Hall–Kier alpha value is -2.62. The predicted octanol–water partition coefficient (Wildman–Crippen LogP) is -0.245. The van der Waals surface area contributed by atoms with Crippen molar-refractivity contribution in [2.24, 2.45) is 0 Å². The summed E-state index contributed by atoms with van der Waals surface area (Å²) in [6.07, 6.45) is -0.791. The lowest BCUT2D eigenvalue weighted by Gasteiger charge is -2.23. The van der Waals surface area contributed by atoms with Gasteiger partial charge in [-0.3, -0.25) is 15.0 Å². The number of hydrogen-bond acceptors (Lipinski definition) is 6. The van der Waals surface area contributed by atoms with Crippen LogP contribution < -0.4 is 16.5 Å². The fourth-order valence-electron chi connectivity index (χ4n) is 2.21. The van der Waals surface area contributed by atoms with Crippen LogP contribution in [0.25, 0.3) is 0 Å². The highest BCUT2D eigenvalue weighted by atomic mass is 32.1. The number of carboxylic acids is 1. The van der Waals surface area contributed by atoms with Gasteiger partial charge in [-0.05, 0) is 12.0 Å². The zero-order chi connectivity index (χ0) is 15.3. The number of nitrogens with zero attached hydrogens (tertiary/aromatic N) is 2. The summed E-state index contributed by atoms with van der Waals surface area (Å²) in [7, 11) is 0. The van der Waals surface area contributed by atoms with Crippen molar-refractivity contribution in [3.05, 3.63) is 36.7 Å². The first-order chi connectivity index (χ1) is 9.90. The average Bonchev–Trinajstić information content (AvgIpc) is 2.87. The van der Waals surface area contributed by atoms with Crippen molar-refractivity contribution in [3.63, 3.8) is 0 Å². The third-order valence-corrected chi connectivity index (χ3v) is 4.42. The van der Waals surface area contributed by atoms with Crippen molar-refractivity contribution >= 4 is 28.4 Å². The van der Waals surface area contributed by atoms with Gasteiger partial charge in [0, 0.05) is 11.4 Å².